The molecule has 0 amide bonds. The average molecular weight is 326 g/mol. The SMILES string of the molecule is CCOc1cc(C=Cc2ccccc2)ccc1CNC(=S)NC. The van der Waals surface area contributed by atoms with Crippen LogP contribution >= 0.6 is 12.2 Å². The lowest BCUT2D eigenvalue weighted by molar-refractivity contribution is 0.336. The van der Waals surface area contributed by atoms with Crippen LogP contribution in [0, 0.1) is 0 Å². The summed E-state index contributed by atoms with van der Waals surface area (Å²) < 4.78 is 5.76. The fraction of sp³-hybridized carbons (Fsp3) is 0.211. The standard InChI is InChI=1S/C19H22N2OS/c1-3-22-18-13-16(10-9-15-7-5-4-6-8-15)11-12-17(18)14-21-19(23)20-2/h4-13H,3,14H2,1-2H3,(H2,20,21,23). The largest absolute Gasteiger partial charge is 0.494 e. The molecule has 0 fully saturated rings. The van der Waals surface area contributed by atoms with Gasteiger partial charge in [0.25, 0.3) is 0 Å². The molecule has 0 saturated carbocycles. The molecule has 0 spiro atoms. The summed E-state index contributed by atoms with van der Waals surface area (Å²) in [5.41, 5.74) is 3.37. The van der Waals surface area contributed by atoms with Gasteiger partial charge < -0.3 is 15.4 Å². The molecular formula is C19H22N2OS. The van der Waals surface area contributed by atoms with Crippen molar-refractivity contribution in [3.05, 3.63) is 65.2 Å². The Morgan fingerprint density at radius 3 is 2.52 bits per heavy atom. The maximum Gasteiger partial charge on any atom is 0.166 e. The van der Waals surface area contributed by atoms with Crippen molar-refractivity contribution < 1.29 is 4.74 Å². The highest BCUT2D eigenvalue weighted by Gasteiger charge is 2.05. The molecule has 0 bridgehead atoms. The van der Waals surface area contributed by atoms with Gasteiger partial charge in [-0.2, -0.15) is 0 Å². The fourth-order valence-corrected chi connectivity index (χ4v) is 2.20. The molecule has 0 saturated heterocycles. The Hall–Kier alpha value is -2.33. The molecule has 0 atom stereocenters. The van der Waals surface area contributed by atoms with E-state index in [2.05, 4.69) is 53.1 Å². The zero-order valence-electron chi connectivity index (χ0n) is 13.5. The third kappa shape index (κ3) is 5.42. The van der Waals surface area contributed by atoms with E-state index in [1.54, 1.807) is 7.05 Å². The molecule has 0 aliphatic carbocycles. The number of nitrogens with one attached hydrogen (secondary N) is 2. The van der Waals surface area contributed by atoms with Gasteiger partial charge >= 0.3 is 0 Å². The number of thiocarbonyl (C=S) groups is 1. The number of benzene rings is 2. The van der Waals surface area contributed by atoms with Crippen LogP contribution in [0.3, 0.4) is 0 Å². The number of rotatable bonds is 6. The van der Waals surface area contributed by atoms with Crippen LogP contribution in [-0.4, -0.2) is 18.8 Å². The summed E-state index contributed by atoms with van der Waals surface area (Å²) in [4.78, 5) is 0. The maximum atomic E-state index is 5.76. The van der Waals surface area contributed by atoms with E-state index in [0.29, 0.717) is 18.3 Å². The van der Waals surface area contributed by atoms with E-state index in [-0.39, 0.29) is 0 Å². The van der Waals surface area contributed by atoms with Gasteiger partial charge in [0.15, 0.2) is 5.11 Å². The Morgan fingerprint density at radius 2 is 1.83 bits per heavy atom. The van der Waals surface area contributed by atoms with Crippen LogP contribution < -0.4 is 15.4 Å². The van der Waals surface area contributed by atoms with Crippen LogP contribution in [0.2, 0.25) is 0 Å². The third-order valence-electron chi connectivity index (χ3n) is 3.33. The molecule has 0 radical (unpaired) electrons. The first kappa shape index (κ1) is 17.0. The average Bonchev–Trinajstić information content (AvgIpc) is 2.60. The van der Waals surface area contributed by atoms with Crippen LogP contribution in [0.4, 0.5) is 0 Å². The molecule has 2 aromatic rings. The molecule has 2 aromatic carbocycles. The summed E-state index contributed by atoms with van der Waals surface area (Å²) in [6.45, 7) is 3.26. The topological polar surface area (TPSA) is 33.3 Å². The van der Waals surface area contributed by atoms with Gasteiger partial charge in [-0.15, -0.1) is 0 Å². The monoisotopic (exact) mass is 326 g/mol. The lowest BCUT2D eigenvalue weighted by Crippen LogP contribution is -2.31. The van der Waals surface area contributed by atoms with E-state index >= 15 is 0 Å². The summed E-state index contributed by atoms with van der Waals surface area (Å²) in [5, 5.41) is 6.68. The normalized spacial score (nSPS) is 10.5. The van der Waals surface area contributed by atoms with Crippen molar-refractivity contribution in [1.29, 1.82) is 0 Å². The second-order valence-corrected chi connectivity index (χ2v) is 5.39. The van der Waals surface area contributed by atoms with Crippen LogP contribution in [0.5, 0.6) is 5.75 Å². The van der Waals surface area contributed by atoms with Gasteiger partial charge in [0, 0.05) is 19.2 Å². The minimum absolute atomic E-state index is 0.625. The minimum atomic E-state index is 0.625. The van der Waals surface area contributed by atoms with E-state index in [4.69, 9.17) is 17.0 Å². The van der Waals surface area contributed by atoms with Crippen molar-refractivity contribution in [3.63, 3.8) is 0 Å². The summed E-state index contributed by atoms with van der Waals surface area (Å²) >= 11 is 5.11. The Bertz CT molecular complexity index is 668. The minimum Gasteiger partial charge on any atom is -0.494 e. The predicted octanol–water partition coefficient (Wildman–Crippen LogP) is 3.85. The van der Waals surface area contributed by atoms with Gasteiger partial charge in [0.05, 0.1) is 6.61 Å². The first-order valence-corrected chi connectivity index (χ1v) is 8.08. The van der Waals surface area contributed by atoms with E-state index in [1.807, 2.05) is 25.1 Å². The molecule has 0 unspecified atom stereocenters. The molecule has 120 valence electrons. The van der Waals surface area contributed by atoms with Gasteiger partial charge in [-0.25, -0.2) is 0 Å². The number of hydrogen-bond donors (Lipinski definition) is 2. The zero-order chi connectivity index (χ0) is 16.5. The highest BCUT2D eigenvalue weighted by molar-refractivity contribution is 7.80. The lowest BCUT2D eigenvalue weighted by Gasteiger charge is -2.13. The molecule has 2 rings (SSSR count). The van der Waals surface area contributed by atoms with Crippen LogP contribution in [0.1, 0.15) is 23.6 Å². The summed E-state index contributed by atoms with van der Waals surface area (Å²) in [7, 11) is 1.80. The van der Waals surface area contributed by atoms with Gasteiger partial charge in [-0.1, -0.05) is 54.6 Å². The lowest BCUT2D eigenvalue weighted by atomic mass is 10.1. The van der Waals surface area contributed by atoms with Crippen molar-refractivity contribution in [1.82, 2.24) is 10.6 Å². The number of hydrogen-bond acceptors (Lipinski definition) is 2. The molecule has 0 aliphatic heterocycles. The molecule has 23 heavy (non-hydrogen) atoms. The molecule has 2 N–H and O–H groups in total. The van der Waals surface area contributed by atoms with Gasteiger partial charge in [0.2, 0.25) is 0 Å². The van der Waals surface area contributed by atoms with E-state index in [0.717, 1.165) is 16.9 Å². The highest BCUT2D eigenvalue weighted by Crippen LogP contribution is 2.22. The van der Waals surface area contributed by atoms with Crippen molar-refractivity contribution >= 4 is 29.5 Å². The third-order valence-corrected chi connectivity index (χ3v) is 3.67. The second-order valence-electron chi connectivity index (χ2n) is 4.98. The second kappa shape index (κ2) is 8.96. The van der Waals surface area contributed by atoms with Crippen molar-refractivity contribution in [2.75, 3.05) is 13.7 Å². The summed E-state index contributed by atoms with van der Waals surface area (Å²) in [6.07, 6.45) is 4.19. The van der Waals surface area contributed by atoms with Gasteiger partial charge in [-0.3, -0.25) is 0 Å². The molecule has 0 aromatic heterocycles. The Labute approximate surface area is 143 Å². The summed E-state index contributed by atoms with van der Waals surface area (Å²) in [5.74, 6) is 0.883. The Morgan fingerprint density at radius 1 is 1.09 bits per heavy atom. The van der Waals surface area contributed by atoms with Crippen molar-refractivity contribution in [2.45, 2.75) is 13.5 Å². The van der Waals surface area contributed by atoms with E-state index in [9.17, 15) is 0 Å². The van der Waals surface area contributed by atoms with Crippen LogP contribution in [0.15, 0.2) is 48.5 Å². The van der Waals surface area contributed by atoms with Crippen LogP contribution in [-0.2, 0) is 6.54 Å². The molecule has 3 nitrogen and oxygen atoms in total. The molecular weight excluding hydrogens is 304 g/mol. The van der Waals surface area contributed by atoms with Gasteiger partial charge in [0.1, 0.15) is 5.75 Å². The van der Waals surface area contributed by atoms with E-state index < -0.39 is 0 Å². The fourth-order valence-electron chi connectivity index (χ4n) is 2.13. The highest BCUT2D eigenvalue weighted by atomic mass is 32.1. The van der Waals surface area contributed by atoms with E-state index in [1.165, 1.54) is 5.56 Å². The smallest absolute Gasteiger partial charge is 0.166 e. The first-order valence-electron chi connectivity index (χ1n) is 7.67. The summed E-state index contributed by atoms with van der Waals surface area (Å²) in [6, 6.07) is 16.5. The molecule has 0 heterocycles. The number of ether oxygens (including phenoxy) is 1. The van der Waals surface area contributed by atoms with Crippen LogP contribution in [0.25, 0.3) is 12.2 Å². The zero-order valence-corrected chi connectivity index (χ0v) is 14.3. The molecule has 4 heteroatoms. The Kier molecular flexibility index (Phi) is 6.63. The van der Waals surface area contributed by atoms with Crippen molar-refractivity contribution in [2.24, 2.45) is 0 Å². The first-order chi connectivity index (χ1) is 11.2. The van der Waals surface area contributed by atoms with Crippen molar-refractivity contribution in [3.8, 4) is 5.75 Å². The predicted molar refractivity (Wildman–Crippen MR) is 101 cm³/mol. The molecule has 0 aliphatic rings. The Balaban J connectivity index is 2.14. The maximum absolute atomic E-state index is 5.76. The quantitative estimate of drug-likeness (QED) is 0.624. The van der Waals surface area contributed by atoms with Gasteiger partial charge in [-0.05, 0) is 36.3 Å².